The largest absolute Gasteiger partial charge is 0.340 e. The lowest BCUT2D eigenvalue weighted by molar-refractivity contribution is -0.133. The van der Waals surface area contributed by atoms with Crippen molar-refractivity contribution in [1.82, 2.24) is 14.7 Å². The Labute approximate surface area is 148 Å². The molecule has 3 rings (SSSR count). The third-order valence-corrected chi connectivity index (χ3v) is 6.16. The van der Waals surface area contributed by atoms with Gasteiger partial charge in [0.2, 0.25) is 11.8 Å². The average Bonchev–Trinajstić information content (AvgIpc) is 3.27. The van der Waals surface area contributed by atoms with Gasteiger partial charge < -0.3 is 9.80 Å². The predicted octanol–water partition coefficient (Wildman–Crippen LogP) is 2.18. The number of rotatable bonds is 5. The Morgan fingerprint density at radius 3 is 2.71 bits per heavy atom. The Bertz CT molecular complexity index is 575. The maximum absolute atomic E-state index is 12.6. The fourth-order valence-corrected chi connectivity index (χ4v) is 4.84. The minimum atomic E-state index is 0.169. The number of amides is 2. The maximum atomic E-state index is 12.6. The summed E-state index contributed by atoms with van der Waals surface area (Å²) in [7, 11) is 1.88. The number of carbonyl (C=O) groups is 2. The third kappa shape index (κ3) is 3.81. The smallest absolute Gasteiger partial charge is 0.236 e. The highest BCUT2D eigenvalue weighted by atomic mass is 32.1. The van der Waals surface area contributed by atoms with Crippen molar-refractivity contribution in [1.29, 1.82) is 0 Å². The molecule has 6 heteroatoms. The van der Waals surface area contributed by atoms with Gasteiger partial charge in [0.05, 0.1) is 13.1 Å². The SMILES string of the molecule is CC(=O)N1CCC[C@@H]1[C@H]1CCCN1CC(=O)N(C)Cc1cccs1. The van der Waals surface area contributed by atoms with Crippen LogP contribution < -0.4 is 0 Å². The summed E-state index contributed by atoms with van der Waals surface area (Å²) < 4.78 is 0. The van der Waals surface area contributed by atoms with Crippen LogP contribution in [0.15, 0.2) is 17.5 Å². The molecular weight excluding hydrogens is 322 g/mol. The van der Waals surface area contributed by atoms with E-state index >= 15 is 0 Å². The van der Waals surface area contributed by atoms with E-state index in [1.165, 1.54) is 4.88 Å². The quantitative estimate of drug-likeness (QED) is 0.818. The van der Waals surface area contributed by atoms with Gasteiger partial charge in [-0.3, -0.25) is 14.5 Å². The lowest BCUT2D eigenvalue weighted by Crippen LogP contribution is -2.50. The average molecular weight is 350 g/mol. The first kappa shape index (κ1) is 17.4. The molecule has 1 aromatic heterocycles. The van der Waals surface area contributed by atoms with Crippen LogP contribution in [0.3, 0.4) is 0 Å². The van der Waals surface area contributed by atoms with Crippen molar-refractivity contribution in [2.45, 2.75) is 51.2 Å². The van der Waals surface area contributed by atoms with Crippen molar-refractivity contribution >= 4 is 23.2 Å². The molecule has 0 aliphatic carbocycles. The lowest BCUT2D eigenvalue weighted by atomic mass is 10.0. The van der Waals surface area contributed by atoms with Crippen molar-refractivity contribution in [3.63, 3.8) is 0 Å². The van der Waals surface area contributed by atoms with Crippen LogP contribution in [0.5, 0.6) is 0 Å². The number of likely N-dealkylation sites (N-methyl/N-ethyl adjacent to an activating group) is 1. The number of hydrogen-bond donors (Lipinski definition) is 0. The third-order valence-electron chi connectivity index (χ3n) is 5.30. The number of carbonyl (C=O) groups excluding carboxylic acids is 2. The highest BCUT2D eigenvalue weighted by Crippen LogP contribution is 2.30. The Balaban J connectivity index is 1.59. The Morgan fingerprint density at radius 1 is 1.25 bits per heavy atom. The molecule has 0 radical (unpaired) electrons. The number of thiophene rings is 1. The number of likely N-dealkylation sites (tertiary alicyclic amines) is 2. The van der Waals surface area contributed by atoms with Crippen LogP contribution in [0, 0.1) is 0 Å². The van der Waals surface area contributed by atoms with Crippen LogP contribution in [0.25, 0.3) is 0 Å². The molecule has 2 saturated heterocycles. The van der Waals surface area contributed by atoms with E-state index < -0.39 is 0 Å². The number of hydrogen-bond acceptors (Lipinski definition) is 4. The topological polar surface area (TPSA) is 43.9 Å². The summed E-state index contributed by atoms with van der Waals surface area (Å²) in [6.45, 7) is 4.65. The highest BCUT2D eigenvalue weighted by Gasteiger charge is 2.39. The van der Waals surface area contributed by atoms with E-state index in [2.05, 4.69) is 11.0 Å². The molecule has 2 amide bonds. The molecule has 2 atom stereocenters. The van der Waals surface area contributed by atoms with Crippen molar-refractivity contribution in [2.75, 3.05) is 26.7 Å². The van der Waals surface area contributed by atoms with Gasteiger partial charge in [0.25, 0.3) is 0 Å². The van der Waals surface area contributed by atoms with Gasteiger partial charge in [0, 0.05) is 37.5 Å². The van der Waals surface area contributed by atoms with E-state index in [0.717, 1.165) is 38.8 Å². The molecule has 0 spiro atoms. The Hall–Kier alpha value is -1.40. The Morgan fingerprint density at radius 2 is 2.00 bits per heavy atom. The summed E-state index contributed by atoms with van der Waals surface area (Å²) in [5.74, 6) is 0.341. The molecule has 2 aliphatic heterocycles. The molecular formula is C18H27N3O2S. The van der Waals surface area contributed by atoms with Crippen LogP contribution in [0.2, 0.25) is 0 Å². The molecule has 2 fully saturated rings. The second kappa shape index (κ2) is 7.66. The minimum absolute atomic E-state index is 0.169. The lowest BCUT2D eigenvalue weighted by Gasteiger charge is -2.34. The summed E-state index contributed by atoms with van der Waals surface area (Å²) in [4.78, 5) is 31.8. The van der Waals surface area contributed by atoms with Crippen LogP contribution in [0.4, 0.5) is 0 Å². The summed E-state index contributed by atoms with van der Waals surface area (Å²) in [5, 5.41) is 2.04. The van der Waals surface area contributed by atoms with Crippen molar-refractivity contribution < 1.29 is 9.59 Å². The van der Waals surface area contributed by atoms with Crippen LogP contribution >= 0.6 is 11.3 Å². The van der Waals surface area contributed by atoms with Gasteiger partial charge in [-0.1, -0.05) is 6.07 Å². The number of nitrogens with zero attached hydrogens (tertiary/aromatic N) is 3. The zero-order valence-electron chi connectivity index (χ0n) is 14.6. The zero-order valence-corrected chi connectivity index (χ0v) is 15.4. The fraction of sp³-hybridized carbons (Fsp3) is 0.667. The molecule has 5 nitrogen and oxygen atoms in total. The van der Waals surface area contributed by atoms with E-state index in [-0.39, 0.29) is 11.8 Å². The minimum Gasteiger partial charge on any atom is -0.340 e. The highest BCUT2D eigenvalue weighted by molar-refractivity contribution is 7.09. The van der Waals surface area contributed by atoms with Gasteiger partial charge in [0.1, 0.15) is 0 Å². The monoisotopic (exact) mass is 349 g/mol. The summed E-state index contributed by atoms with van der Waals surface area (Å²) in [6, 6.07) is 4.72. The maximum Gasteiger partial charge on any atom is 0.236 e. The summed E-state index contributed by atoms with van der Waals surface area (Å²) >= 11 is 1.68. The molecule has 0 bridgehead atoms. The van der Waals surface area contributed by atoms with Gasteiger partial charge in [-0.2, -0.15) is 0 Å². The molecule has 2 aliphatic rings. The summed E-state index contributed by atoms with van der Waals surface area (Å²) in [5.41, 5.74) is 0. The normalized spacial score (nSPS) is 24.5. The standard InChI is InChI=1S/C18H27N3O2S/c1-14(22)21-10-4-8-17(21)16-7-3-9-20(16)13-18(23)19(2)12-15-6-5-11-24-15/h5-6,11,16-17H,3-4,7-10,12-13H2,1-2H3/t16-,17-/m1/s1. The van der Waals surface area contributed by atoms with Gasteiger partial charge >= 0.3 is 0 Å². The molecule has 1 aromatic rings. The van der Waals surface area contributed by atoms with E-state index in [1.807, 2.05) is 28.3 Å². The first-order valence-corrected chi connectivity index (χ1v) is 9.72. The van der Waals surface area contributed by atoms with Gasteiger partial charge in [-0.25, -0.2) is 0 Å². The fourth-order valence-electron chi connectivity index (χ4n) is 4.09. The molecule has 0 aromatic carbocycles. The van der Waals surface area contributed by atoms with E-state index in [1.54, 1.807) is 18.3 Å². The predicted molar refractivity (Wildman–Crippen MR) is 95.8 cm³/mol. The van der Waals surface area contributed by atoms with Crippen molar-refractivity contribution in [3.8, 4) is 0 Å². The van der Waals surface area contributed by atoms with Crippen LogP contribution in [-0.4, -0.2) is 65.3 Å². The molecule has 3 heterocycles. The van der Waals surface area contributed by atoms with Crippen LogP contribution in [0.1, 0.15) is 37.5 Å². The second-order valence-corrected chi connectivity index (χ2v) is 7.96. The van der Waals surface area contributed by atoms with Crippen molar-refractivity contribution in [3.05, 3.63) is 22.4 Å². The molecule has 0 saturated carbocycles. The van der Waals surface area contributed by atoms with Gasteiger partial charge in [-0.15, -0.1) is 11.3 Å². The van der Waals surface area contributed by atoms with Gasteiger partial charge in [-0.05, 0) is 43.7 Å². The molecule has 24 heavy (non-hydrogen) atoms. The van der Waals surface area contributed by atoms with Crippen LogP contribution in [-0.2, 0) is 16.1 Å². The van der Waals surface area contributed by atoms with E-state index in [9.17, 15) is 9.59 Å². The summed E-state index contributed by atoms with van der Waals surface area (Å²) in [6.07, 6.45) is 4.37. The second-order valence-electron chi connectivity index (χ2n) is 6.93. The molecule has 0 unspecified atom stereocenters. The zero-order chi connectivity index (χ0) is 17.1. The van der Waals surface area contributed by atoms with E-state index in [0.29, 0.717) is 25.2 Å². The van der Waals surface area contributed by atoms with Crippen molar-refractivity contribution in [2.24, 2.45) is 0 Å². The van der Waals surface area contributed by atoms with E-state index in [4.69, 9.17) is 0 Å². The Kier molecular flexibility index (Phi) is 5.56. The molecule has 0 N–H and O–H groups in total. The molecule has 132 valence electrons. The first-order chi connectivity index (χ1) is 11.6. The van der Waals surface area contributed by atoms with Gasteiger partial charge in [0.15, 0.2) is 0 Å². The first-order valence-electron chi connectivity index (χ1n) is 8.84.